The lowest BCUT2D eigenvalue weighted by molar-refractivity contribution is -0.121. The molecule has 0 unspecified atom stereocenters. The zero-order chi connectivity index (χ0) is 15.4. The van der Waals surface area contributed by atoms with Gasteiger partial charge >= 0.3 is 0 Å². The van der Waals surface area contributed by atoms with Crippen molar-refractivity contribution < 1.29 is 9.59 Å². The highest BCUT2D eigenvalue weighted by Crippen LogP contribution is 2.22. The number of anilines is 1. The van der Waals surface area contributed by atoms with Crippen LogP contribution in [0.5, 0.6) is 0 Å². The standard InChI is InChI=1S/C15H20BrN3O2/c1-2-14(20)18-11-5-7-19(8-6-11)15(21)10-3-4-13(17)12(16)9-10/h3-4,9,11H,2,5-8,17H2,1H3,(H,18,20). The first kappa shape index (κ1) is 15.8. The third-order valence-corrected chi connectivity index (χ3v) is 4.40. The molecule has 1 aromatic carbocycles. The molecule has 2 amide bonds. The van der Waals surface area contributed by atoms with Crippen molar-refractivity contribution in [2.45, 2.75) is 32.2 Å². The molecule has 0 atom stereocenters. The highest BCUT2D eigenvalue weighted by Gasteiger charge is 2.24. The normalized spacial score (nSPS) is 15.8. The fourth-order valence-electron chi connectivity index (χ4n) is 2.40. The van der Waals surface area contributed by atoms with Gasteiger partial charge in [-0.05, 0) is 47.0 Å². The molecule has 114 valence electrons. The van der Waals surface area contributed by atoms with Crippen molar-refractivity contribution in [3.05, 3.63) is 28.2 Å². The van der Waals surface area contributed by atoms with E-state index in [0.717, 1.165) is 17.3 Å². The Bertz CT molecular complexity index is 540. The van der Waals surface area contributed by atoms with Crippen LogP contribution in [0.4, 0.5) is 5.69 Å². The minimum Gasteiger partial charge on any atom is -0.398 e. The summed E-state index contributed by atoms with van der Waals surface area (Å²) in [6.07, 6.45) is 2.10. The molecular formula is C15H20BrN3O2. The number of hydrogen-bond acceptors (Lipinski definition) is 3. The summed E-state index contributed by atoms with van der Waals surface area (Å²) < 4.78 is 0.735. The maximum absolute atomic E-state index is 12.4. The molecular weight excluding hydrogens is 334 g/mol. The van der Waals surface area contributed by atoms with E-state index in [4.69, 9.17) is 5.73 Å². The lowest BCUT2D eigenvalue weighted by Crippen LogP contribution is -2.46. The first-order valence-electron chi connectivity index (χ1n) is 7.15. The van der Waals surface area contributed by atoms with Gasteiger partial charge in [-0.15, -0.1) is 0 Å². The van der Waals surface area contributed by atoms with Crippen LogP contribution in [-0.2, 0) is 4.79 Å². The predicted molar refractivity (Wildman–Crippen MR) is 85.9 cm³/mol. The molecule has 1 aliphatic rings. The number of benzene rings is 1. The average Bonchev–Trinajstić information content (AvgIpc) is 2.50. The molecule has 1 aromatic rings. The minimum atomic E-state index is 0.0102. The van der Waals surface area contributed by atoms with Crippen molar-refractivity contribution in [3.63, 3.8) is 0 Å². The quantitative estimate of drug-likeness (QED) is 0.817. The number of nitrogens with one attached hydrogen (secondary N) is 1. The van der Waals surface area contributed by atoms with E-state index in [2.05, 4.69) is 21.2 Å². The number of likely N-dealkylation sites (tertiary alicyclic amines) is 1. The van der Waals surface area contributed by atoms with Crippen LogP contribution < -0.4 is 11.1 Å². The van der Waals surface area contributed by atoms with Crippen LogP contribution in [0.15, 0.2) is 22.7 Å². The molecule has 1 aliphatic heterocycles. The van der Waals surface area contributed by atoms with Crippen molar-refractivity contribution in [2.24, 2.45) is 0 Å². The van der Waals surface area contributed by atoms with Gasteiger partial charge in [0.2, 0.25) is 5.91 Å². The van der Waals surface area contributed by atoms with E-state index in [9.17, 15) is 9.59 Å². The number of carbonyl (C=O) groups excluding carboxylic acids is 2. The maximum Gasteiger partial charge on any atom is 0.253 e. The molecule has 5 nitrogen and oxygen atoms in total. The molecule has 0 radical (unpaired) electrons. The van der Waals surface area contributed by atoms with Gasteiger partial charge in [-0.1, -0.05) is 6.92 Å². The number of rotatable bonds is 3. The van der Waals surface area contributed by atoms with Gasteiger partial charge in [-0.25, -0.2) is 0 Å². The molecule has 0 bridgehead atoms. The van der Waals surface area contributed by atoms with Crippen LogP contribution >= 0.6 is 15.9 Å². The molecule has 6 heteroatoms. The number of hydrogen-bond donors (Lipinski definition) is 2. The summed E-state index contributed by atoms with van der Waals surface area (Å²) in [4.78, 5) is 25.6. The molecule has 0 aromatic heterocycles. The first-order chi connectivity index (χ1) is 10.0. The van der Waals surface area contributed by atoms with Crippen LogP contribution in [0.1, 0.15) is 36.5 Å². The summed E-state index contributed by atoms with van der Waals surface area (Å²) >= 11 is 3.34. The van der Waals surface area contributed by atoms with E-state index in [-0.39, 0.29) is 17.9 Å². The van der Waals surface area contributed by atoms with Crippen molar-refractivity contribution in [3.8, 4) is 0 Å². The van der Waals surface area contributed by atoms with Gasteiger partial charge < -0.3 is 16.0 Å². The monoisotopic (exact) mass is 353 g/mol. The second kappa shape index (κ2) is 6.93. The van der Waals surface area contributed by atoms with Crippen LogP contribution in [0, 0.1) is 0 Å². The molecule has 2 rings (SSSR count). The Balaban J connectivity index is 1.93. The van der Waals surface area contributed by atoms with E-state index in [1.165, 1.54) is 0 Å². The van der Waals surface area contributed by atoms with Crippen LogP contribution in [0.25, 0.3) is 0 Å². The minimum absolute atomic E-state index is 0.0102. The van der Waals surface area contributed by atoms with E-state index < -0.39 is 0 Å². The molecule has 1 fully saturated rings. The Hall–Kier alpha value is -1.56. The van der Waals surface area contributed by atoms with E-state index in [1.54, 1.807) is 18.2 Å². The van der Waals surface area contributed by atoms with Crippen molar-refractivity contribution >= 4 is 33.4 Å². The molecule has 3 N–H and O–H groups in total. The van der Waals surface area contributed by atoms with Crippen LogP contribution in [-0.4, -0.2) is 35.8 Å². The second-order valence-corrected chi connectivity index (χ2v) is 6.08. The first-order valence-corrected chi connectivity index (χ1v) is 7.94. The van der Waals surface area contributed by atoms with Gasteiger partial charge in [-0.3, -0.25) is 9.59 Å². The summed E-state index contributed by atoms with van der Waals surface area (Å²) in [6, 6.07) is 5.40. The molecule has 1 heterocycles. The number of piperidine rings is 1. The number of nitrogen functional groups attached to an aromatic ring is 1. The van der Waals surface area contributed by atoms with E-state index >= 15 is 0 Å². The smallest absolute Gasteiger partial charge is 0.253 e. The maximum atomic E-state index is 12.4. The third kappa shape index (κ3) is 3.97. The number of nitrogens with zero attached hydrogens (tertiary/aromatic N) is 1. The van der Waals surface area contributed by atoms with Gasteiger partial charge in [0, 0.05) is 41.3 Å². The highest BCUT2D eigenvalue weighted by atomic mass is 79.9. The zero-order valence-electron chi connectivity index (χ0n) is 12.1. The SMILES string of the molecule is CCC(=O)NC1CCN(C(=O)c2ccc(N)c(Br)c2)CC1. The average molecular weight is 354 g/mol. The summed E-state index contributed by atoms with van der Waals surface area (Å²) in [5, 5.41) is 2.98. The van der Waals surface area contributed by atoms with Crippen LogP contribution in [0.2, 0.25) is 0 Å². The lowest BCUT2D eigenvalue weighted by atomic mass is 10.0. The number of amides is 2. The van der Waals surface area contributed by atoms with E-state index in [0.29, 0.717) is 30.8 Å². The summed E-state index contributed by atoms with van der Waals surface area (Å²) in [5.74, 6) is 0.0817. The third-order valence-electron chi connectivity index (χ3n) is 3.72. The topological polar surface area (TPSA) is 75.4 Å². The second-order valence-electron chi connectivity index (χ2n) is 5.22. The van der Waals surface area contributed by atoms with Gasteiger partial charge in [0.25, 0.3) is 5.91 Å². The Morgan fingerprint density at radius 2 is 2.05 bits per heavy atom. The highest BCUT2D eigenvalue weighted by molar-refractivity contribution is 9.10. The fraction of sp³-hybridized carbons (Fsp3) is 0.467. The Morgan fingerprint density at radius 1 is 1.38 bits per heavy atom. The molecule has 0 aliphatic carbocycles. The Morgan fingerprint density at radius 3 is 2.62 bits per heavy atom. The summed E-state index contributed by atoms with van der Waals surface area (Å²) in [6.45, 7) is 3.16. The molecule has 0 spiro atoms. The van der Waals surface area contributed by atoms with Gasteiger partial charge in [-0.2, -0.15) is 0 Å². The number of halogens is 1. The van der Waals surface area contributed by atoms with Gasteiger partial charge in [0.1, 0.15) is 0 Å². The Kier molecular flexibility index (Phi) is 5.22. The van der Waals surface area contributed by atoms with Gasteiger partial charge in [0.05, 0.1) is 0 Å². The molecule has 0 saturated carbocycles. The predicted octanol–water partition coefficient (Wildman–Crippen LogP) is 2.16. The van der Waals surface area contributed by atoms with E-state index in [1.807, 2.05) is 11.8 Å². The fourth-order valence-corrected chi connectivity index (χ4v) is 2.78. The van der Waals surface area contributed by atoms with Crippen molar-refractivity contribution in [1.82, 2.24) is 10.2 Å². The lowest BCUT2D eigenvalue weighted by Gasteiger charge is -2.32. The van der Waals surface area contributed by atoms with Crippen molar-refractivity contribution in [1.29, 1.82) is 0 Å². The summed E-state index contributed by atoms with van der Waals surface area (Å²) in [5.41, 5.74) is 6.98. The summed E-state index contributed by atoms with van der Waals surface area (Å²) in [7, 11) is 0. The number of carbonyl (C=O) groups is 2. The zero-order valence-corrected chi connectivity index (χ0v) is 13.6. The van der Waals surface area contributed by atoms with Gasteiger partial charge in [0.15, 0.2) is 0 Å². The largest absolute Gasteiger partial charge is 0.398 e. The Labute approximate surface area is 133 Å². The molecule has 21 heavy (non-hydrogen) atoms. The van der Waals surface area contributed by atoms with Crippen molar-refractivity contribution in [2.75, 3.05) is 18.8 Å². The molecule has 1 saturated heterocycles. The van der Waals surface area contributed by atoms with Crippen LogP contribution in [0.3, 0.4) is 0 Å². The number of nitrogens with two attached hydrogens (primary N) is 1.